The van der Waals surface area contributed by atoms with E-state index in [0.717, 1.165) is 0 Å². The first-order valence-corrected chi connectivity index (χ1v) is 7.92. The maximum Gasteiger partial charge on any atom is 0.0474 e. The first-order valence-electron chi connectivity index (χ1n) is 7.92. The zero-order valence-electron chi connectivity index (χ0n) is 11.9. The maximum atomic E-state index is 9.39. The highest BCUT2D eigenvalue weighted by molar-refractivity contribution is 4.86. The highest BCUT2D eigenvalue weighted by Crippen LogP contribution is 2.26. The summed E-state index contributed by atoms with van der Waals surface area (Å²) in [5.74, 6) is 0.514. The van der Waals surface area contributed by atoms with Crippen LogP contribution in [0.2, 0.25) is 0 Å². The van der Waals surface area contributed by atoms with Gasteiger partial charge in [0.25, 0.3) is 0 Å². The summed E-state index contributed by atoms with van der Waals surface area (Å²) in [6.45, 7) is 6.43. The van der Waals surface area contributed by atoms with Gasteiger partial charge in [-0.05, 0) is 64.1 Å². The highest BCUT2D eigenvalue weighted by Gasteiger charge is 2.28. The Morgan fingerprint density at radius 1 is 1.11 bits per heavy atom. The number of aliphatic hydroxyl groups is 1. The molecular weight excluding hydrogens is 224 g/mol. The Bertz CT molecular complexity index is 235. The third-order valence-electron chi connectivity index (χ3n) is 4.70. The third kappa shape index (κ3) is 3.94. The number of nitrogens with one attached hydrogen (secondary N) is 1. The number of nitrogens with zero attached hydrogens (tertiary/aromatic N) is 1. The van der Waals surface area contributed by atoms with Crippen LogP contribution < -0.4 is 5.32 Å². The number of likely N-dealkylation sites (tertiary alicyclic amines) is 1. The lowest BCUT2D eigenvalue weighted by atomic mass is 10.0. The molecular formula is C15H30N2O. The molecule has 3 unspecified atom stereocenters. The molecule has 0 bridgehead atoms. The summed E-state index contributed by atoms with van der Waals surface area (Å²) in [5, 5.41) is 13.2. The van der Waals surface area contributed by atoms with Gasteiger partial charge in [-0.15, -0.1) is 0 Å². The molecule has 0 aromatic heterocycles. The topological polar surface area (TPSA) is 35.5 Å². The van der Waals surface area contributed by atoms with Crippen molar-refractivity contribution in [1.82, 2.24) is 10.2 Å². The first kappa shape index (κ1) is 14.3. The van der Waals surface area contributed by atoms with E-state index in [1.807, 2.05) is 0 Å². The summed E-state index contributed by atoms with van der Waals surface area (Å²) >= 11 is 0. The minimum absolute atomic E-state index is 0.367. The van der Waals surface area contributed by atoms with Crippen molar-refractivity contribution in [2.24, 2.45) is 5.92 Å². The normalized spacial score (nSPS) is 34.7. The summed E-state index contributed by atoms with van der Waals surface area (Å²) in [4.78, 5) is 2.61. The van der Waals surface area contributed by atoms with E-state index in [4.69, 9.17) is 0 Å². The van der Waals surface area contributed by atoms with E-state index in [0.29, 0.717) is 24.6 Å². The molecule has 18 heavy (non-hydrogen) atoms. The molecule has 0 amide bonds. The second-order valence-electron chi connectivity index (χ2n) is 6.12. The van der Waals surface area contributed by atoms with Gasteiger partial charge in [0, 0.05) is 18.7 Å². The van der Waals surface area contributed by atoms with E-state index in [1.165, 1.54) is 64.6 Å². The van der Waals surface area contributed by atoms with Crippen LogP contribution in [-0.2, 0) is 0 Å². The van der Waals surface area contributed by atoms with E-state index in [-0.39, 0.29) is 0 Å². The predicted molar refractivity (Wildman–Crippen MR) is 75.7 cm³/mol. The second-order valence-corrected chi connectivity index (χ2v) is 6.12. The molecule has 1 saturated carbocycles. The Labute approximate surface area is 112 Å². The quantitative estimate of drug-likeness (QED) is 0.788. The van der Waals surface area contributed by atoms with Crippen molar-refractivity contribution in [3.63, 3.8) is 0 Å². The first-order chi connectivity index (χ1) is 8.83. The van der Waals surface area contributed by atoms with Crippen LogP contribution in [0.1, 0.15) is 51.9 Å². The van der Waals surface area contributed by atoms with Crippen molar-refractivity contribution in [1.29, 1.82) is 0 Å². The minimum Gasteiger partial charge on any atom is -0.396 e. The second kappa shape index (κ2) is 7.46. The van der Waals surface area contributed by atoms with E-state index in [9.17, 15) is 5.11 Å². The molecule has 0 aromatic carbocycles. The predicted octanol–water partition coefficient (Wildman–Crippen LogP) is 2.00. The SMILES string of the molecule is CCCN1CCCC(NC2CCCC2CO)CC1. The van der Waals surface area contributed by atoms with Crippen LogP contribution in [0.15, 0.2) is 0 Å². The fraction of sp³-hybridized carbons (Fsp3) is 1.00. The zero-order valence-corrected chi connectivity index (χ0v) is 11.9. The molecule has 1 saturated heterocycles. The number of aliphatic hydroxyl groups excluding tert-OH is 1. The lowest BCUT2D eigenvalue weighted by Gasteiger charge is -2.25. The summed E-state index contributed by atoms with van der Waals surface area (Å²) in [6.07, 6.45) is 8.96. The fourth-order valence-electron chi connectivity index (χ4n) is 3.64. The van der Waals surface area contributed by atoms with Gasteiger partial charge in [0.2, 0.25) is 0 Å². The molecule has 2 N–H and O–H groups in total. The van der Waals surface area contributed by atoms with Crippen LogP contribution in [-0.4, -0.2) is 48.3 Å². The van der Waals surface area contributed by atoms with Gasteiger partial charge < -0.3 is 15.3 Å². The van der Waals surface area contributed by atoms with E-state index < -0.39 is 0 Å². The van der Waals surface area contributed by atoms with Crippen molar-refractivity contribution in [3.8, 4) is 0 Å². The molecule has 0 aromatic rings. The van der Waals surface area contributed by atoms with Crippen LogP contribution >= 0.6 is 0 Å². The Kier molecular flexibility index (Phi) is 5.93. The Morgan fingerprint density at radius 3 is 2.78 bits per heavy atom. The monoisotopic (exact) mass is 254 g/mol. The standard InChI is InChI=1S/C15H30N2O/c1-2-9-17-10-4-6-14(8-11-17)16-15-7-3-5-13(15)12-18/h13-16,18H,2-12H2,1H3. The van der Waals surface area contributed by atoms with Gasteiger partial charge in [-0.25, -0.2) is 0 Å². The van der Waals surface area contributed by atoms with Crippen molar-refractivity contribution in [2.45, 2.75) is 64.0 Å². The van der Waals surface area contributed by atoms with Gasteiger partial charge in [0.05, 0.1) is 0 Å². The number of rotatable bonds is 5. The average molecular weight is 254 g/mol. The third-order valence-corrected chi connectivity index (χ3v) is 4.70. The summed E-state index contributed by atoms with van der Waals surface area (Å²) in [6, 6.07) is 1.27. The average Bonchev–Trinajstić information content (AvgIpc) is 2.71. The van der Waals surface area contributed by atoms with Gasteiger partial charge >= 0.3 is 0 Å². The lowest BCUT2D eigenvalue weighted by Crippen LogP contribution is -2.41. The van der Waals surface area contributed by atoms with Crippen molar-refractivity contribution < 1.29 is 5.11 Å². The molecule has 0 radical (unpaired) electrons. The molecule has 2 rings (SSSR count). The number of hydrogen-bond donors (Lipinski definition) is 2. The Balaban J connectivity index is 1.76. The van der Waals surface area contributed by atoms with Crippen LogP contribution in [0.25, 0.3) is 0 Å². The molecule has 1 heterocycles. The molecule has 1 aliphatic carbocycles. The van der Waals surface area contributed by atoms with E-state index in [2.05, 4.69) is 17.1 Å². The molecule has 3 atom stereocenters. The van der Waals surface area contributed by atoms with Crippen molar-refractivity contribution >= 4 is 0 Å². The Morgan fingerprint density at radius 2 is 2.00 bits per heavy atom. The molecule has 3 heteroatoms. The minimum atomic E-state index is 0.367. The number of hydrogen-bond acceptors (Lipinski definition) is 3. The highest BCUT2D eigenvalue weighted by atomic mass is 16.3. The van der Waals surface area contributed by atoms with Gasteiger partial charge in [-0.1, -0.05) is 13.3 Å². The molecule has 2 fully saturated rings. The van der Waals surface area contributed by atoms with E-state index >= 15 is 0 Å². The van der Waals surface area contributed by atoms with Crippen LogP contribution in [0.5, 0.6) is 0 Å². The Hall–Kier alpha value is -0.120. The van der Waals surface area contributed by atoms with Crippen LogP contribution in [0.4, 0.5) is 0 Å². The molecule has 1 aliphatic heterocycles. The van der Waals surface area contributed by atoms with Gasteiger partial charge in [-0.2, -0.15) is 0 Å². The smallest absolute Gasteiger partial charge is 0.0474 e. The van der Waals surface area contributed by atoms with Gasteiger partial charge in [0.1, 0.15) is 0 Å². The lowest BCUT2D eigenvalue weighted by molar-refractivity contribution is 0.196. The largest absolute Gasteiger partial charge is 0.396 e. The molecule has 3 nitrogen and oxygen atoms in total. The van der Waals surface area contributed by atoms with E-state index in [1.54, 1.807) is 0 Å². The summed E-state index contributed by atoms with van der Waals surface area (Å²) in [5.41, 5.74) is 0. The van der Waals surface area contributed by atoms with Crippen LogP contribution in [0.3, 0.4) is 0 Å². The fourth-order valence-corrected chi connectivity index (χ4v) is 3.64. The summed E-state index contributed by atoms with van der Waals surface area (Å²) < 4.78 is 0. The molecule has 106 valence electrons. The van der Waals surface area contributed by atoms with Crippen molar-refractivity contribution in [3.05, 3.63) is 0 Å². The van der Waals surface area contributed by atoms with Crippen LogP contribution in [0, 0.1) is 5.92 Å². The van der Waals surface area contributed by atoms with Gasteiger partial charge in [-0.3, -0.25) is 0 Å². The summed E-state index contributed by atoms with van der Waals surface area (Å²) in [7, 11) is 0. The van der Waals surface area contributed by atoms with Crippen molar-refractivity contribution in [2.75, 3.05) is 26.2 Å². The molecule has 2 aliphatic rings. The van der Waals surface area contributed by atoms with Gasteiger partial charge in [0.15, 0.2) is 0 Å². The molecule has 0 spiro atoms. The maximum absolute atomic E-state index is 9.39. The zero-order chi connectivity index (χ0) is 12.8.